The number of fused-ring (bicyclic) bond motifs is 1. The lowest BCUT2D eigenvalue weighted by Gasteiger charge is -2.34. The number of aromatic nitrogens is 4. The highest BCUT2D eigenvalue weighted by Crippen LogP contribution is 2.30. The minimum absolute atomic E-state index is 0.182. The third-order valence-corrected chi connectivity index (χ3v) is 6.44. The first-order valence-electron chi connectivity index (χ1n) is 11.6. The van der Waals surface area contributed by atoms with E-state index in [0.29, 0.717) is 5.92 Å². The van der Waals surface area contributed by atoms with Crippen molar-refractivity contribution in [2.45, 2.75) is 38.1 Å². The number of carbonyl (C=O) groups is 1. The SMILES string of the molecule is CC[C@H](C(=O)N1CCC(c2ccc(Nc3ccccn3)cn2)CC1)n1cnc2ccccc21. The normalized spacial score (nSPS) is 15.5. The summed E-state index contributed by atoms with van der Waals surface area (Å²) in [7, 11) is 0. The van der Waals surface area contributed by atoms with Crippen molar-refractivity contribution in [3.63, 3.8) is 0 Å². The van der Waals surface area contributed by atoms with E-state index in [4.69, 9.17) is 0 Å². The number of pyridine rings is 2. The predicted octanol–water partition coefficient (Wildman–Crippen LogP) is 4.93. The number of carbonyl (C=O) groups excluding carboxylic acids is 1. The van der Waals surface area contributed by atoms with Crippen LogP contribution in [-0.4, -0.2) is 43.4 Å². The molecule has 1 saturated heterocycles. The Hall–Kier alpha value is -3.74. The minimum Gasteiger partial charge on any atom is -0.341 e. The van der Waals surface area contributed by atoms with E-state index < -0.39 is 0 Å². The molecule has 7 heteroatoms. The number of anilines is 2. The van der Waals surface area contributed by atoms with Crippen molar-refractivity contribution >= 4 is 28.4 Å². The zero-order valence-corrected chi connectivity index (χ0v) is 18.8. The van der Waals surface area contributed by atoms with Crippen LogP contribution in [0.2, 0.25) is 0 Å². The quantitative estimate of drug-likeness (QED) is 0.460. The van der Waals surface area contributed by atoms with Gasteiger partial charge in [0.05, 0.1) is 29.2 Å². The van der Waals surface area contributed by atoms with Crippen molar-refractivity contribution in [2.24, 2.45) is 0 Å². The Balaban J connectivity index is 1.22. The van der Waals surface area contributed by atoms with Gasteiger partial charge in [0.2, 0.25) is 5.91 Å². The summed E-state index contributed by atoms with van der Waals surface area (Å²) >= 11 is 0. The maximum absolute atomic E-state index is 13.4. The Morgan fingerprint density at radius 1 is 1.03 bits per heavy atom. The van der Waals surface area contributed by atoms with E-state index in [1.807, 2.05) is 64.2 Å². The summed E-state index contributed by atoms with van der Waals surface area (Å²) in [5.41, 5.74) is 3.94. The Labute approximate surface area is 193 Å². The van der Waals surface area contributed by atoms with E-state index in [2.05, 4.69) is 33.3 Å². The second-order valence-electron chi connectivity index (χ2n) is 8.48. The van der Waals surface area contributed by atoms with E-state index in [0.717, 1.165) is 60.6 Å². The van der Waals surface area contributed by atoms with Crippen molar-refractivity contribution in [1.29, 1.82) is 0 Å². The molecule has 1 atom stereocenters. The molecule has 0 saturated carbocycles. The summed E-state index contributed by atoms with van der Waals surface area (Å²) in [4.78, 5) is 28.8. The number of hydrogen-bond donors (Lipinski definition) is 1. The van der Waals surface area contributed by atoms with Crippen LogP contribution in [0.3, 0.4) is 0 Å². The number of nitrogens with one attached hydrogen (secondary N) is 1. The summed E-state index contributed by atoms with van der Waals surface area (Å²) in [5.74, 6) is 1.35. The molecule has 1 amide bonds. The molecule has 3 aromatic heterocycles. The molecule has 33 heavy (non-hydrogen) atoms. The molecule has 7 nitrogen and oxygen atoms in total. The molecule has 0 bridgehead atoms. The van der Waals surface area contributed by atoms with E-state index in [9.17, 15) is 4.79 Å². The lowest BCUT2D eigenvalue weighted by molar-refractivity contribution is -0.135. The molecule has 168 valence electrons. The van der Waals surface area contributed by atoms with E-state index >= 15 is 0 Å². The van der Waals surface area contributed by atoms with Crippen LogP contribution in [0.1, 0.15) is 43.8 Å². The van der Waals surface area contributed by atoms with Crippen LogP contribution >= 0.6 is 0 Å². The molecule has 0 spiro atoms. The Morgan fingerprint density at radius 3 is 2.58 bits per heavy atom. The molecule has 0 aliphatic carbocycles. The number of nitrogens with zero attached hydrogens (tertiary/aromatic N) is 5. The second kappa shape index (κ2) is 9.40. The maximum atomic E-state index is 13.4. The Morgan fingerprint density at radius 2 is 1.85 bits per heavy atom. The first kappa shape index (κ1) is 21.1. The molecule has 1 aliphatic rings. The molecule has 5 rings (SSSR count). The van der Waals surface area contributed by atoms with Gasteiger partial charge in [0.25, 0.3) is 0 Å². The Bertz CT molecular complexity index is 1210. The fourth-order valence-electron chi connectivity index (χ4n) is 4.63. The number of hydrogen-bond acceptors (Lipinski definition) is 5. The smallest absolute Gasteiger partial charge is 0.245 e. The van der Waals surface area contributed by atoms with Gasteiger partial charge in [0.1, 0.15) is 11.9 Å². The number of piperidine rings is 1. The highest BCUT2D eigenvalue weighted by molar-refractivity contribution is 5.84. The fraction of sp³-hybridized carbons (Fsp3) is 0.308. The average Bonchev–Trinajstić information content (AvgIpc) is 3.30. The van der Waals surface area contributed by atoms with Gasteiger partial charge >= 0.3 is 0 Å². The number of likely N-dealkylation sites (tertiary alicyclic amines) is 1. The molecule has 4 aromatic rings. The standard InChI is InChI=1S/C26H28N6O/c1-2-23(32-18-29-22-7-3-4-8-24(22)32)26(33)31-15-12-19(13-16-31)21-11-10-20(17-28-21)30-25-9-5-6-14-27-25/h3-11,14,17-19,23H,2,12-13,15-16H2,1H3,(H,27,30)/t23-/m1/s1. The van der Waals surface area contributed by atoms with Crippen LogP contribution in [0.5, 0.6) is 0 Å². The maximum Gasteiger partial charge on any atom is 0.245 e. The zero-order chi connectivity index (χ0) is 22.6. The zero-order valence-electron chi connectivity index (χ0n) is 18.8. The van der Waals surface area contributed by atoms with Crippen molar-refractivity contribution in [2.75, 3.05) is 18.4 Å². The van der Waals surface area contributed by atoms with Gasteiger partial charge in [-0.1, -0.05) is 25.1 Å². The molecule has 4 heterocycles. The predicted molar refractivity (Wildman–Crippen MR) is 129 cm³/mol. The lowest BCUT2D eigenvalue weighted by atomic mass is 9.92. The third kappa shape index (κ3) is 4.44. The van der Waals surface area contributed by atoms with Crippen LogP contribution in [0.25, 0.3) is 11.0 Å². The molecule has 1 aliphatic heterocycles. The van der Waals surface area contributed by atoms with Crippen molar-refractivity contribution in [1.82, 2.24) is 24.4 Å². The van der Waals surface area contributed by atoms with Gasteiger partial charge in [0, 0.05) is 30.9 Å². The van der Waals surface area contributed by atoms with E-state index in [1.165, 1.54) is 0 Å². The van der Waals surface area contributed by atoms with Crippen molar-refractivity contribution in [3.05, 3.63) is 79.0 Å². The van der Waals surface area contributed by atoms with Crippen LogP contribution in [0.4, 0.5) is 11.5 Å². The number of benzene rings is 1. The highest BCUT2D eigenvalue weighted by Gasteiger charge is 2.30. The molecular formula is C26H28N6O. The van der Waals surface area contributed by atoms with E-state index in [-0.39, 0.29) is 11.9 Å². The van der Waals surface area contributed by atoms with Crippen LogP contribution < -0.4 is 5.32 Å². The lowest BCUT2D eigenvalue weighted by Crippen LogP contribution is -2.42. The first-order valence-corrected chi connectivity index (χ1v) is 11.6. The van der Waals surface area contributed by atoms with Crippen LogP contribution in [0, 0.1) is 0 Å². The summed E-state index contributed by atoms with van der Waals surface area (Å²) in [6.45, 7) is 3.57. The number of rotatable bonds is 6. The van der Waals surface area contributed by atoms with E-state index in [1.54, 1.807) is 12.5 Å². The van der Waals surface area contributed by atoms with Crippen LogP contribution in [0.15, 0.2) is 73.3 Å². The number of amides is 1. The first-order chi connectivity index (χ1) is 16.2. The summed E-state index contributed by atoms with van der Waals surface area (Å²) < 4.78 is 2.03. The summed E-state index contributed by atoms with van der Waals surface area (Å²) in [5, 5.41) is 3.27. The largest absolute Gasteiger partial charge is 0.341 e. The van der Waals surface area contributed by atoms with Crippen molar-refractivity contribution < 1.29 is 4.79 Å². The van der Waals surface area contributed by atoms with Gasteiger partial charge in [0.15, 0.2) is 0 Å². The van der Waals surface area contributed by atoms with Crippen LogP contribution in [-0.2, 0) is 4.79 Å². The summed E-state index contributed by atoms with van der Waals surface area (Å²) in [6.07, 6.45) is 8.01. The second-order valence-corrected chi connectivity index (χ2v) is 8.48. The monoisotopic (exact) mass is 440 g/mol. The van der Waals surface area contributed by atoms with Gasteiger partial charge in [-0.05, 0) is 55.7 Å². The average molecular weight is 441 g/mol. The van der Waals surface area contributed by atoms with Gasteiger partial charge in [-0.25, -0.2) is 9.97 Å². The molecular weight excluding hydrogens is 412 g/mol. The molecule has 0 unspecified atom stereocenters. The minimum atomic E-state index is -0.218. The molecule has 1 aromatic carbocycles. The van der Waals surface area contributed by atoms with Crippen molar-refractivity contribution in [3.8, 4) is 0 Å². The van der Waals surface area contributed by atoms with Gasteiger partial charge < -0.3 is 14.8 Å². The van der Waals surface area contributed by atoms with Gasteiger partial charge in [-0.15, -0.1) is 0 Å². The summed E-state index contributed by atoms with van der Waals surface area (Å²) in [6, 6.07) is 17.7. The Kier molecular flexibility index (Phi) is 6.02. The van der Waals surface area contributed by atoms with Gasteiger partial charge in [-0.3, -0.25) is 9.78 Å². The van der Waals surface area contributed by atoms with Gasteiger partial charge in [-0.2, -0.15) is 0 Å². The number of imidazole rings is 1. The molecule has 1 fully saturated rings. The molecule has 0 radical (unpaired) electrons. The number of para-hydroxylation sites is 2. The fourth-order valence-corrected chi connectivity index (χ4v) is 4.63. The highest BCUT2D eigenvalue weighted by atomic mass is 16.2. The topological polar surface area (TPSA) is 75.9 Å². The molecule has 1 N–H and O–H groups in total. The third-order valence-electron chi connectivity index (χ3n) is 6.44.